The lowest BCUT2D eigenvalue weighted by Crippen LogP contribution is -2.52. The van der Waals surface area contributed by atoms with Gasteiger partial charge in [0.1, 0.15) is 12.6 Å². The van der Waals surface area contributed by atoms with Gasteiger partial charge in [-0.25, -0.2) is 8.42 Å². The molecule has 0 aliphatic carbocycles. The second kappa shape index (κ2) is 15.1. The summed E-state index contributed by atoms with van der Waals surface area (Å²) in [7, 11) is -1.44. The Morgan fingerprint density at radius 1 is 0.930 bits per heavy atom. The Kier molecular flexibility index (Phi) is 11.9. The fraction of sp³-hybridized carbons (Fsp3) is 0.375. The van der Waals surface area contributed by atoms with E-state index in [2.05, 4.69) is 5.32 Å². The average molecular weight is 630 g/mol. The number of benzene rings is 3. The van der Waals surface area contributed by atoms with Crippen molar-refractivity contribution in [3.05, 3.63) is 82.9 Å². The molecule has 1 N–H and O–H groups in total. The number of carbonyl (C=O) groups is 2. The molecule has 0 spiro atoms. The second-order valence-corrected chi connectivity index (χ2v) is 12.9. The fourth-order valence-corrected chi connectivity index (χ4v) is 6.03. The van der Waals surface area contributed by atoms with Gasteiger partial charge in [-0.15, -0.1) is 0 Å². The van der Waals surface area contributed by atoms with E-state index in [-0.39, 0.29) is 34.7 Å². The number of anilines is 1. The van der Waals surface area contributed by atoms with Crippen LogP contribution >= 0.6 is 11.6 Å². The van der Waals surface area contributed by atoms with Gasteiger partial charge in [0.25, 0.3) is 10.0 Å². The summed E-state index contributed by atoms with van der Waals surface area (Å²) in [5.41, 5.74) is 2.10. The van der Waals surface area contributed by atoms with Crippen molar-refractivity contribution in [3.8, 4) is 11.5 Å². The smallest absolute Gasteiger partial charge is 0.264 e. The van der Waals surface area contributed by atoms with E-state index >= 15 is 0 Å². The highest BCUT2D eigenvalue weighted by Crippen LogP contribution is 2.32. The summed E-state index contributed by atoms with van der Waals surface area (Å²) in [4.78, 5) is 28.9. The Morgan fingerprint density at radius 2 is 1.56 bits per heavy atom. The lowest BCUT2D eigenvalue weighted by molar-refractivity contribution is -0.140. The largest absolute Gasteiger partial charge is 0.493 e. The topological polar surface area (TPSA) is 105 Å². The highest BCUT2D eigenvalue weighted by Gasteiger charge is 2.34. The predicted octanol–water partition coefficient (Wildman–Crippen LogP) is 5.44. The third-order valence-corrected chi connectivity index (χ3v) is 8.90. The molecular formula is C32H40ClN3O6S. The van der Waals surface area contributed by atoms with Crippen molar-refractivity contribution >= 4 is 39.1 Å². The lowest BCUT2D eigenvalue weighted by Gasteiger charge is -2.33. The van der Waals surface area contributed by atoms with Gasteiger partial charge in [-0.2, -0.15) is 0 Å². The van der Waals surface area contributed by atoms with Gasteiger partial charge < -0.3 is 19.7 Å². The van der Waals surface area contributed by atoms with Gasteiger partial charge in [-0.05, 0) is 61.2 Å². The monoisotopic (exact) mass is 629 g/mol. The number of carbonyl (C=O) groups excluding carboxylic acids is 2. The standard InChI is InChI=1S/C32H40ClN3O6S/c1-7-28(32(38)34-19-22(2)3)35(20-24-10-8-23(4)9-11-24)31(37)21-36(26-14-12-25(33)13-15-26)43(39,40)27-16-17-29(41-5)30(18-27)42-6/h8-18,22,28H,7,19-21H2,1-6H3,(H,34,38)/t28-/m1/s1. The highest BCUT2D eigenvalue weighted by molar-refractivity contribution is 7.92. The van der Waals surface area contributed by atoms with Gasteiger partial charge in [-0.1, -0.05) is 62.2 Å². The van der Waals surface area contributed by atoms with E-state index in [0.717, 1.165) is 15.4 Å². The van der Waals surface area contributed by atoms with Gasteiger partial charge in [0.2, 0.25) is 11.8 Å². The number of sulfonamides is 1. The van der Waals surface area contributed by atoms with E-state index in [0.29, 0.717) is 23.7 Å². The maximum atomic E-state index is 14.2. The minimum atomic E-state index is -4.30. The zero-order valence-corrected chi connectivity index (χ0v) is 27.0. The van der Waals surface area contributed by atoms with E-state index in [1.165, 1.54) is 49.5 Å². The third-order valence-electron chi connectivity index (χ3n) is 6.88. The Labute approximate surface area is 259 Å². The summed E-state index contributed by atoms with van der Waals surface area (Å²) in [5.74, 6) is -0.0313. The molecule has 0 bridgehead atoms. The molecule has 0 aliphatic heterocycles. The van der Waals surface area contributed by atoms with Gasteiger partial charge in [-0.3, -0.25) is 13.9 Å². The number of amides is 2. The molecule has 0 saturated heterocycles. The number of hydrogen-bond acceptors (Lipinski definition) is 6. The molecule has 3 rings (SSSR count). The van der Waals surface area contributed by atoms with Crippen LogP contribution in [0.2, 0.25) is 5.02 Å². The van der Waals surface area contributed by atoms with Crippen molar-refractivity contribution in [1.29, 1.82) is 0 Å². The van der Waals surface area contributed by atoms with Crippen molar-refractivity contribution in [3.63, 3.8) is 0 Å². The maximum Gasteiger partial charge on any atom is 0.264 e. The number of aryl methyl sites for hydroxylation is 1. The van der Waals surface area contributed by atoms with Crippen molar-refractivity contribution < 1.29 is 27.5 Å². The number of nitrogens with zero attached hydrogens (tertiary/aromatic N) is 2. The molecule has 3 aromatic rings. The molecule has 9 nitrogen and oxygen atoms in total. The number of rotatable bonds is 14. The molecule has 3 aromatic carbocycles. The van der Waals surface area contributed by atoms with Crippen LogP contribution in [-0.2, 0) is 26.2 Å². The Bertz CT molecular complexity index is 1490. The number of hydrogen-bond donors (Lipinski definition) is 1. The number of methoxy groups -OCH3 is 2. The van der Waals surface area contributed by atoms with Crippen LogP contribution in [0.5, 0.6) is 11.5 Å². The SMILES string of the molecule is CC[C@H](C(=O)NCC(C)C)N(Cc1ccc(C)cc1)C(=O)CN(c1ccc(Cl)cc1)S(=O)(=O)c1ccc(OC)c(OC)c1. The molecule has 232 valence electrons. The maximum absolute atomic E-state index is 14.2. The first-order chi connectivity index (χ1) is 20.4. The molecule has 11 heteroatoms. The van der Waals surface area contributed by atoms with Crippen LogP contribution in [0.15, 0.2) is 71.6 Å². The molecule has 0 aliphatic rings. The predicted molar refractivity (Wildman–Crippen MR) is 169 cm³/mol. The fourth-order valence-electron chi connectivity index (χ4n) is 4.47. The van der Waals surface area contributed by atoms with Gasteiger partial charge in [0.05, 0.1) is 24.8 Å². The molecule has 0 aromatic heterocycles. The van der Waals surface area contributed by atoms with E-state index in [1.807, 2.05) is 52.0 Å². The van der Waals surface area contributed by atoms with Gasteiger partial charge in [0, 0.05) is 24.2 Å². The number of ether oxygens (including phenoxy) is 2. The normalized spacial score (nSPS) is 12.0. The van der Waals surface area contributed by atoms with Crippen LogP contribution in [0, 0.1) is 12.8 Å². The first-order valence-electron chi connectivity index (χ1n) is 14.0. The summed E-state index contributed by atoms with van der Waals surface area (Å²) in [6.45, 7) is 7.78. The van der Waals surface area contributed by atoms with Crippen LogP contribution in [0.3, 0.4) is 0 Å². The van der Waals surface area contributed by atoms with Crippen LogP contribution in [-0.4, -0.2) is 58.5 Å². The quantitative estimate of drug-likeness (QED) is 0.255. The third kappa shape index (κ3) is 8.64. The summed E-state index contributed by atoms with van der Waals surface area (Å²) >= 11 is 6.11. The lowest BCUT2D eigenvalue weighted by atomic mass is 10.1. The molecule has 0 radical (unpaired) electrons. The zero-order valence-electron chi connectivity index (χ0n) is 25.5. The van der Waals surface area contributed by atoms with E-state index in [4.69, 9.17) is 21.1 Å². The zero-order chi connectivity index (χ0) is 31.7. The van der Waals surface area contributed by atoms with Crippen LogP contribution in [0.4, 0.5) is 5.69 Å². The van der Waals surface area contributed by atoms with Crippen LogP contribution < -0.4 is 19.1 Å². The van der Waals surface area contributed by atoms with E-state index in [1.54, 1.807) is 12.1 Å². The Hall–Kier alpha value is -3.76. The first-order valence-corrected chi connectivity index (χ1v) is 15.9. The molecule has 1 atom stereocenters. The van der Waals surface area contributed by atoms with Crippen molar-refractivity contribution in [2.24, 2.45) is 5.92 Å². The minimum absolute atomic E-state index is 0.0975. The second-order valence-electron chi connectivity index (χ2n) is 10.6. The van der Waals surface area contributed by atoms with E-state index in [9.17, 15) is 18.0 Å². The first kappa shape index (κ1) is 33.7. The summed E-state index contributed by atoms with van der Waals surface area (Å²) in [6, 6.07) is 17.2. The summed E-state index contributed by atoms with van der Waals surface area (Å²) < 4.78 is 39.9. The van der Waals surface area contributed by atoms with Crippen LogP contribution in [0.25, 0.3) is 0 Å². The number of nitrogens with one attached hydrogen (secondary N) is 1. The summed E-state index contributed by atoms with van der Waals surface area (Å²) in [6.07, 6.45) is 0.338. The molecule has 2 amide bonds. The minimum Gasteiger partial charge on any atom is -0.493 e. The Balaban J connectivity index is 2.08. The average Bonchev–Trinajstić information content (AvgIpc) is 2.99. The number of halogens is 1. The molecular weight excluding hydrogens is 590 g/mol. The van der Waals surface area contributed by atoms with E-state index < -0.39 is 28.5 Å². The van der Waals surface area contributed by atoms with Gasteiger partial charge in [0.15, 0.2) is 11.5 Å². The molecule has 43 heavy (non-hydrogen) atoms. The van der Waals surface area contributed by atoms with Crippen molar-refractivity contribution in [2.45, 2.75) is 51.6 Å². The molecule has 0 fully saturated rings. The van der Waals surface area contributed by atoms with Crippen LogP contribution in [0.1, 0.15) is 38.3 Å². The van der Waals surface area contributed by atoms with Gasteiger partial charge >= 0.3 is 0 Å². The molecule has 0 heterocycles. The molecule has 0 unspecified atom stereocenters. The molecule has 0 saturated carbocycles. The highest BCUT2D eigenvalue weighted by atomic mass is 35.5. The van der Waals surface area contributed by atoms with Crippen molar-refractivity contribution in [1.82, 2.24) is 10.2 Å². The van der Waals surface area contributed by atoms with Crippen molar-refractivity contribution in [2.75, 3.05) is 31.6 Å². The Morgan fingerprint density at radius 3 is 2.12 bits per heavy atom. The summed E-state index contributed by atoms with van der Waals surface area (Å²) in [5, 5.41) is 3.34.